The smallest absolute Gasteiger partial charge is 0.305 e. The monoisotopic (exact) mass is 146 g/mol. The molecule has 0 rings (SSSR count). The molecule has 0 aliphatic heterocycles. The second-order valence-corrected chi connectivity index (χ2v) is 2.17. The van der Waals surface area contributed by atoms with Crippen LogP contribution in [0, 0.1) is 0 Å². The number of carbonyl (C=O) groups is 1. The van der Waals surface area contributed by atoms with Gasteiger partial charge in [-0.1, -0.05) is 6.92 Å². The van der Waals surface area contributed by atoms with E-state index in [1.54, 1.807) is 13.8 Å². The van der Waals surface area contributed by atoms with Crippen LogP contribution in [0.3, 0.4) is 0 Å². The number of aliphatic hydroxyl groups excluding tert-OH is 1. The van der Waals surface area contributed by atoms with Crippen LogP contribution in [0.25, 0.3) is 0 Å². The fourth-order valence-electron chi connectivity index (χ4n) is 0.548. The molecule has 3 nitrogen and oxygen atoms in total. The Kier molecular flexibility index (Phi) is 4.94. The minimum absolute atomic E-state index is 0.0676. The van der Waals surface area contributed by atoms with Gasteiger partial charge in [0.25, 0.3) is 0 Å². The number of aliphatic hydroxyl groups is 1. The molecule has 0 aliphatic carbocycles. The van der Waals surface area contributed by atoms with Gasteiger partial charge in [0.15, 0.2) is 0 Å². The van der Waals surface area contributed by atoms with Crippen molar-refractivity contribution in [3.8, 4) is 0 Å². The van der Waals surface area contributed by atoms with Gasteiger partial charge < -0.3 is 9.84 Å². The van der Waals surface area contributed by atoms with Crippen molar-refractivity contribution in [2.24, 2.45) is 0 Å². The number of rotatable bonds is 4. The maximum atomic E-state index is 10.6. The Bertz CT molecular complexity index is 101. The van der Waals surface area contributed by atoms with E-state index in [4.69, 9.17) is 9.84 Å². The van der Waals surface area contributed by atoms with Crippen LogP contribution in [0.4, 0.5) is 0 Å². The van der Waals surface area contributed by atoms with Crippen LogP contribution in [-0.2, 0) is 9.53 Å². The summed E-state index contributed by atoms with van der Waals surface area (Å²) < 4.78 is 4.84. The summed E-state index contributed by atoms with van der Waals surface area (Å²) in [6, 6.07) is 0. The molecular formula is C7H14O3. The summed E-state index contributed by atoms with van der Waals surface area (Å²) >= 11 is 0. The van der Waals surface area contributed by atoms with Gasteiger partial charge in [-0.25, -0.2) is 0 Å². The van der Waals surface area contributed by atoms with E-state index in [9.17, 15) is 4.79 Å². The molecule has 0 heterocycles. The summed E-state index contributed by atoms with van der Waals surface area (Å²) in [5.41, 5.74) is 0. The zero-order valence-electron chi connectivity index (χ0n) is 6.46. The summed E-state index contributed by atoms with van der Waals surface area (Å²) in [6.45, 7) is 3.58. The molecule has 0 spiro atoms. The van der Waals surface area contributed by atoms with Gasteiger partial charge in [0.1, 0.15) is 6.10 Å². The fraction of sp³-hybridized carbons (Fsp3) is 0.857. The third-order valence-electron chi connectivity index (χ3n) is 1.16. The third kappa shape index (κ3) is 4.32. The van der Waals surface area contributed by atoms with E-state index < -0.39 is 0 Å². The first-order valence-electron chi connectivity index (χ1n) is 3.51. The van der Waals surface area contributed by atoms with Gasteiger partial charge in [0.05, 0.1) is 0 Å². The zero-order chi connectivity index (χ0) is 7.98. The lowest BCUT2D eigenvalue weighted by Gasteiger charge is -2.09. The number of hydrogen-bond donors (Lipinski definition) is 1. The summed E-state index contributed by atoms with van der Waals surface area (Å²) in [5, 5.41) is 8.43. The van der Waals surface area contributed by atoms with Gasteiger partial charge in [-0.15, -0.1) is 0 Å². The molecule has 1 N–H and O–H groups in total. The first-order chi connectivity index (χ1) is 4.70. The van der Waals surface area contributed by atoms with Crippen molar-refractivity contribution in [2.45, 2.75) is 32.8 Å². The number of esters is 1. The molecule has 0 aromatic carbocycles. The highest BCUT2D eigenvalue weighted by atomic mass is 16.5. The van der Waals surface area contributed by atoms with Crippen LogP contribution in [0.15, 0.2) is 0 Å². The van der Waals surface area contributed by atoms with Crippen molar-refractivity contribution in [3.05, 3.63) is 0 Å². The van der Waals surface area contributed by atoms with Crippen molar-refractivity contribution in [3.63, 3.8) is 0 Å². The molecule has 0 aromatic heterocycles. The summed E-state index contributed by atoms with van der Waals surface area (Å²) in [4.78, 5) is 10.6. The second kappa shape index (κ2) is 5.23. The average molecular weight is 146 g/mol. The van der Waals surface area contributed by atoms with Gasteiger partial charge in [-0.2, -0.15) is 0 Å². The molecular weight excluding hydrogens is 132 g/mol. The highest BCUT2D eigenvalue weighted by Crippen LogP contribution is 1.97. The Balaban J connectivity index is 3.37. The van der Waals surface area contributed by atoms with Gasteiger partial charge in [0.2, 0.25) is 0 Å². The van der Waals surface area contributed by atoms with Crippen molar-refractivity contribution in [2.75, 3.05) is 6.61 Å². The van der Waals surface area contributed by atoms with Crippen molar-refractivity contribution < 1.29 is 14.6 Å². The second-order valence-electron chi connectivity index (χ2n) is 2.17. The molecule has 1 atom stereocenters. The third-order valence-corrected chi connectivity index (χ3v) is 1.16. The van der Waals surface area contributed by atoms with Crippen LogP contribution in [0.2, 0.25) is 0 Å². The fourth-order valence-corrected chi connectivity index (χ4v) is 0.548. The first-order valence-corrected chi connectivity index (χ1v) is 3.51. The van der Waals surface area contributed by atoms with Gasteiger partial charge in [-0.3, -0.25) is 4.79 Å². The van der Waals surface area contributed by atoms with E-state index in [1.165, 1.54) is 0 Å². The van der Waals surface area contributed by atoms with Crippen molar-refractivity contribution >= 4 is 5.97 Å². The van der Waals surface area contributed by atoms with E-state index in [-0.39, 0.29) is 18.7 Å². The molecule has 0 bridgehead atoms. The van der Waals surface area contributed by atoms with Crippen LogP contribution in [-0.4, -0.2) is 23.8 Å². The molecule has 60 valence electrons. The highest BCUT2D eigenvalue weighted by molar-refractivity contribution is 5.69. The lowest BCUT2D eigenvalue weighted by atomic mass is 10.3. The molecule has 0 radical (unpaired) electrons. The van der Waals surface area contributed by atoms with Crippen molar-refractivity contribution in [1.29, 1.82) is 0 Å². The molecule has 10 heavy (non-hydrogen) atoms. The Morgan fingerprint density at radius 2 is 2.30 bits per heavy atom. The lowest BCUT2D eigenvalue weighted by molar-refractivity contribution is -0.148. The van der Waals surface area contributed by atoms with Gasteiger partial charge in [0, 0.05) is 19.4 Å². The van der Waals surface area contributed by atoms with E-state index in [0.717, 1.165) is 0 Å². The van der Waals surface area contributed by atoms with Crippen LogP contribution < -0.4 is 0 Å². The van der Waals surface area contributed by atoms with Crippen LogP contribution in [0.1, 0.15) is 26.7 Å². The SMILES string of the molecule is CCC(=O)OC(C)CCO. The number of hydrogen-bond acceptors (Lipinski definition) is 3. The number of ether oxygens (including phenoxy) is 1. The molecule has 0 saturated heterocycles. The van der Waals surface area contributed by atoms with Crippen LogP contribution >= 0.6 is 0 Å². The molecule has 0 amide bonds. The zero-order valence-corrected chi connectivity index (χ0v) is 6.46. The maximum absolute atomic E-state index is 10.6. The predicted molar refractivity (Wildman–Crippen MR) is 37.5 cm³/mol. The standard InChI is InChI=1S/C7H14O3/c1-3-7(9)10-6(2)4-5-8/h6,8H,3-5H2,1-2H3. The topological polar surface area (TPSA) is 46.5 Å². The largest absolute Gasteiger partial charge is 0.463 e. The minimum atomic E-state index is -0.207. The number of carbonyl (C=O) groups excluding carboxylic acids is 1. The molecule has 1 unspecified atom stereocenters. The Hall–Kier alpha value is -0.570. The van der Waals surface area contributed by atoms with Gasteiger partial charge in [-0.05, 0) is 6.92 Å². The van der Waals surface area contributed by atoms with Crippen LogP contribution in [0.5, 0.6) is 0 Å². The van der Waals surface area contributed by atoms with E-state index >= 15 is 0 Å². The van der Waals surface area contributed by atoms with Crippen molar-refractivity contribution in [1.82, 2.24) is 0 Å². The Labute approximate surface area is 61.0 Å². The van der Waals surface area contributed by atoms with Gasteiger partial charge >= 0.3 is 5.97 Å². The Morgan fingerprint density at radius 3 is 2.70 bits per heavy atom. The van der Waals surface area contributed by atoms with E-state index in [2.05, 4.69) is 0 Å². The molecule has 0 aromatic rings. The molecule has 3 heteroatoms. The highest BCUT2D eigenvalue weighted by Gasteiger charge is 2.05. The Morgan fingerprint density at radius 1 is 1.70 bits per heavy atom. The predicted octanol–water partition coefficient (Wildman–Crippen LogP) is 0.710. The molecule has 0 aliphatic rings. The minimum Gasteiger partial charge on any atom is -0.463 e. The summed E-state index contributed by atoms with van der Waals surface area (Å²) in [5.74, 6) is -0.207. The summed E-state index contributed by atoms with van der Waals surface area (Å²) in [6.07, 6.45) is 0.763. The maximum Gasteiger partial charge on any atom is 0.305 e. The van der Waals surface area contributed by atoms with E-state index in [1.807, 2.05) is 0 Å². The first kappa shape index (κ1) is 9.43. The summed E-state index contributed by atoms with van der Waals surface area (Å²) in [7, 11) is 0. The average Bonchev–Trinajstić information content (AvgIpc) is 1.88. The molecule has 0 fully saturated rings. The molecule has 0 saturated carbocycles. The normalized spacial score (nSPS) is 12.7. The lowest BCUT2D eigenvalue weighted by Crippen LogP contribution is -2.14. The quantitative estimate of drug-likeness (QED) is 0.594. The van der Waals surface area contributed by atoms with E-state index in [0.29, 0.717) is 12.8 Å².